The van der Waals surface area contributed by atoms with Crippen molar-refractivity contribution >= 4 is 28.3 Å². The molecule has 0 aliphatic rings. The highest BCUT2D eigenvalue weighted by Gasteiger charge is 2.14. The number of aryl methyl sites for hydroxylation is 1. The minimum Gasteiger partial charge on any atom is -0.392 e. The number of hydrogen-bond acceptors (Lipinski definition) is 5. The summed E-state index contributed by atoms with van der Waals surface area (Å²) in [4.78, 5) is 20.9. The van der Waals surface area contributed by atoms with Gasteiger partial charge in [-0.2, -0.15) is 0 Å². The number of thioether (sulfide) groups is 1. The quantitative estimate of drug-likeness (QED) is 0.382. The van der Waals surface area contributed by atoms with Gasteiger partial charge < -0.3 is 5.73 Å². The summed E-state index contributed by atoms with van der Waals surface area (Å²) >= 11 is 1.08. The van der Waals surface area contributed by atoms with Gasteiger partial charge in [-0.3, -0.25) is 14.9 Å². The molecule has 2 N–H and O–H groups in total. The SMILES string of the molecule is CC(=O)SCC#Cc1cc(C)cc([N+](=O)[O-])c1N. The summed E-state index contributed by atoms with van der Waals surface area (Å²) in [6, 6.07) is 3.10. The summed E-state index contributed by atoms with van der Waals surface area (Å²) in [5, 5.41) is 10.8. The molecule has 0 heterocycles. The van der Waals surface area contributed by atoms with Gasteiger partial charge >= 0.3 is 0 Å². The van der Waals surface area contributed by atoms with Crippen LogP contribution in [0.5, 0.6) is 0 Å². The lowest BCUT2D eigenvalue weighted by atomic mass is 10.1. The number of nitro benzene ring substituents is 1. The van der Waals surface area contributed by atoms with Crippen molar-refractivity contribution in [1.29, 1.82) is 0 Å². The van der Waals surface area contributed by atoms with E-state index in [4.69, 9.17) is 5.73 Å². The molecular formula is C12H12N2O3S. The molecule has 5 nitrogen and oxygen atoms in total. The molecule has 0 aliphatic carbocycles. The zero-order valence-electron chi connectivity index (χ0n) is 10.0. The Bertz CT molecular complexity index is 558. The van der Waals surface area contributed by atoms with Gasteiger partial charge in [0.25, 0.3) is 5.69 Å². The molecule has 0 amide bonds. The minimum absolute atomic E-state index is 0.0208. The smallest absolute Gasteiger partial charge is 0.293 e. The third-order valence-corrected chi connectivity index (χ3v) is 2.77. The largest absolute Gasteiger partial charge is 0.392 e. The zero-order chi connectivity index (χ0) is 13.7. The molecule has 0 spiro atoms. The van der Waals surface area contributed by atoms with Crippen molar-refractivity contribution in [1.82, 2.24) is 0 Å². The number of rotatable bonds is 2. The third kappa shape index (κ3) is 3.79. The zero-order valence-corrected chi connectivity index (χ0v) is 10.8. The first-order valence-corrected chi connectivity index (χ1v) is 6.07. The highest BCUT2D eigenvalue weighted by molar-refractivity contribution is 8.13. The van der Waals surface area contributed by atoms with Crippen LogP contribution in [0.25, 0.3) is 0 Å². The van der Waals surface area contributed by atoms with Gasteiger partial charge in [0.2, 0.25) is 0 Å². The van der Waals surface area contributed by atoms with Crippen LogP contribution in [-0.4, -0.2) is 15.8 Å². The van der Waals surface area contributed by atoms with E-state index in [-0.39, 0.29) is 16.5 Å². The van der Waals surface area contributed by atoms with Crippen molar-refractivity contribution in [3.63, 3.8) is 0 Å². The fraction of sp³-hybridized carbons (Fsp3) is 0.250. The fourth-order valence-electron chi connectivity index (χ4n) is 1.30. The second-order valence-electron chi connectivity index (χ2n) is 3.58. The lowest BCUT2D eigenvalue weighted by Gasteiger charge is -2.01. The number of hydrogen-bond donors (Lipinski definition) is 1. The van der Waals surface area contributed by atoms with Crippen LogP contribution in [0, 0.1) is 28.9 Å². The average molecular weight is 264 g/mol. The van der Waals surface area contributed by atoms with Crippen molar-refractivity contribution in [2.24, 2.45) is 0 Å². The van der Waals surface area contributed by atoms with Gasteiger partial charge in [-0.25, -0.2) is 0 Å². The predicted molar refractivity (Wildman–Crippen MR) is 72.3 cm³/mol. The molecule has 0 unspecified atom stereocenters. The number of nitrogens with zero attached hydrogens (tertiary/aromatic N) is 1. The molecule has 1 aromatic rings. The van der Waals surface area contributed by atoms with E-state index in [0.29, 0.717) is 11.3 Å². The van der Waals surface area contributed by atoms with Crippen LogP contribution < -0.4 is 5.73 Å². The Morgan fingerprint density at radius 2 is 2.22 bits per heavy atom. The van der Waals surface area contributed by atoms with Gasteiger partial charge in [0, 0.05) is 13.0 Å². The van der Waals surface area contributed by atoms with Crippen LogP contribution in [0.15, 0.2) is 12.1 Å². The molecule has 0 saturated carbocycles. The van der Waals surface area contributed by atoms with E-state index in [2.05, 4.69) is 11.8 Å². The number of anilines is 1. The van der Waals surface area contributed by atoms with Crippen LogP contribution >= 0.6 is 11.8 Å². The average Bonchev–Trinajstić information content (AvgIpc) is 2.27. The van der Waals surface area contributed by atoms with E-state index in [0.717, 1.165) is 17.3 Å². The summed E-state index contributed by atoms with van der Waals surface area (Å²) in [6.07, 6.45) is 0. The van der Waals surface area contributed by atoms with Crippen LogP contribution in [0.2, 0.25) is 0 Å². The maximum Gasteiger partial charge on any atom is 0.293 e. The molecule has 94 valence electrons. The van der Waals surface area contributed by atoms with Gasteiger partial charge in [0.05, 0.1) is 16.2 Å². The van der Waals surface area contributed by atoms with Gasteiger partial charge in [-0.15, -0.1) is 0 Å². The Balaban J connectivity index is 3.02. The lowest BCUT2D eigenvalue weighted by Crippen LogP contribution is -1.99. The monoisotopic (exact) mass is 264 g/mol. The second-order valence-corrected chi connectivity index (χ2v) is 4.74. The molecular weight excluding hydrogens is 252 g/mol. The molecule has 0 atom stereocenters. The van der Waals surface area contributed by atoms with Crippen molar-refractivity contribution in [3.05, 3.63) is 33.4 Å². The van der Waals surface area contributed by atoms with Crippen molar-refractivity contribution < 1.29 is 9.72 Å². The molecule has 0 fully saturated rings. The Hall–Kier alpha value is -2.00. The number of carbonyl (C=O) groups is 1. The van der Waals surface area contributed by atoms with Crippen LogP contribution in [-0.2, 0) is 4.79 Å². The Morgan fingerprint density at radius 3 is 2.78 bits per heavy atom. The molecule has 0 aromatic heterocycles. The van der Waals surface area contributed by atoms with E-state index in [1.807, 2.05) is 0 Å². The molecule has 6 heteroatoms. The first-order valence-electron chi connectivity index (χ1n) is 5.08. The van der Waals surface area contributed by atoms with E-state index in [9.17, 15) is 14.9 Å². The molecule has 18 heavy (non-hydrogen) atoms. The third-order valence-electron chi connectivity index (χ3n) is 2.07. The number of benzene rings is 1. The van der Waals surface area contributed by atoms with Crippen LogP contribution in [0.3, 0.4) is 0 Å². The molecule has 1 rings (SSSR count). The topological polar surface area (TPSA) is 86.2 Å². The predicted octanol–water partition coefficient (Wildman–Crippen LogP) is 2.12. The van der Waals surface area contributed by atoms with Crippen LogP contribution in [0.4, 0.5) is 11.4 Å². The normalized spacial score (nSPS) is 9.44. The fourth-order valence-corrected chi connectivity index (χ4v) is 1.65. The minimum atomic E-state index is -0.530. The van der Waals surface area contributed by atoms with Crippen molar-refractivity contribution in [2.75, 3.05) is 11.5 Å². The van der Waals surface area contributed by atoms with E-state index < -0.39 is 4.92 Å². The molecule has 0 saturated heterocycles. The standard InChI is InChI=1S/C12H12N2O3S/c1-8-6-10(4-3-5-18-9(2)15)12(13)11(7-8)14(16)17/h6-7H,5,13H2,1-2H3. The van der Waals surface area contributed by atoms with Gasteiger partial charge in [-0.1, -0.05) is 23.6 Å². The first-order chi connectivity index (χ1) is 8.41. The summed E-state index contributed by atoms with van der Waals surface area (Å²) in [6.45, 7) is 3.19. The van der Waals surface area contributed by atoms with E-state index >= 15 is 0 Å². The van der Waals surface area contributed by atoms with Crippen LogP contribution in [0.1, 0.15) is 18.1 Å². The van der Waals surface area contributed by atoms with Gasteiger partial charge in [-0.05, 0) is 18.6 Å². The number of nitrogen functional groups attached to an aromatic ring is 1. The van der Waals surface area contributed by atoms with Crippen molar-refractivity contribution in [3.8, 4) is 11.8 Å². The summed E-state index contributed by atoms with van der Waals surface area (Å²) in [7, 11) is 0. The maximum atomic E-state index is 10.8. The molecule has 1 aromatic carbocycles. The lowest BCUT2D eigenvalue weighted by molar-refractivity contribution is -0.384. The first kappa shape index (κ1) is 14.1. The number of carbonyl (C=O) groups excluding carboxylic acids is 1. The molecule has 0 aliphatic heterocycles. The summed E-state index contributed by atoms with van der Waals surface area (Å²) in [5.74, 6) is 5.85. The molecule has 0 radical (unpaired) electrons. The van der Waals surface area contributed by atoms with Gasteiger partial charge in [0.15, 0.2) is 5.12 Å². The number of nitro groups is 1. The number of nitrogens with two attached hydrogens (primary N) is 1. The Morgan fingerprint density at radius 1 is 1.56 bits per heavy atom. The van der Waals surface area contributed by atoms with E-state index in [1.54, 1.807) is 13.0 Å². The summed E-state index contributed by atoms with van der Waals surface area (Å²) < 4.78 is 0. The second kappa shape index (κ2) is 6.07. The Kier molecular flexibility index (Phi) is 4.75. The highest BCUT2D eigenvalue weighted by atomic mass is 32.2. The highest BCUT2D eigenvalue weighted by Crippen LogP contribution is 2.26. The van der Waals surface area contributed by atoms with Gasteiger partial charge in [0.1, 0.15) is 5.69 Å². The molecule has 0 bridgehead atoms. The maximum absolute atomic E-state index is 10.8. The Labute approximate surface area is 109 Å². The van der Waals surface area contributed by atoms with Crippen molar-refractivity contribution in [2.45, 2.75) is 13.8 Å². The van der Waals surface area contributed by atoms with E-state index in [1.165, 1.54) is 13.0 Å². The summed E-state index contributed by atoms with van der Waals surface area (Å²) in [5.41, 5.74) is 6.74.